The maximum Gasteiger partial charge on any atom is 0.00313 e. The first-order valence-corrected chi connectivity index (χ1v) is 5.25. The first-order chi connectivity index (χ1) is 4.91. The summed E-state index contributed by atoms with van der Waals surface area (Å²) in [6, 6.07) is 0. The fourth-order valence-corrected chi connectivity index (χ4v) is 1.21. The van der Waals surface area contributed by atoms with Crippen molar-refractivity contribution in [2.24, 2.45) is 0 Å². The number of hydrogen-bond donors (Lipinski definition) is 0. The second-order valence-corrected chi connectivity index (χ2v) is 3.21. The van der Waals surface area contributed by atoms with Gasteiger partial charge in [-0.2, -0.15) is 0 Å². The van der Waals surface area contributed by atoms with E-state index in [-0.39, 0.29) is 0 Å². The molecule has 0 aliphatic rings. The normalized spacial score (nSPS) is 11.0. The lowest BCUT2D eigenvalue weighted by atomic mass is 10.2. The van der Waals surface area contributed by atoms with E-state index in [4.69, 9.17) is 0 Å². The Kier molecular flexibility index (Phi) is 9.42. The minimum absolute atomic E-state index is 1.16. The van der Waals surface area contributed by atoms with Crippen molar-refractivity contribution in [2.75, 3.05) is 5.33 Å². The van der Waals surface area contributed by atoms with Crippen LogP contribution in [-0.4, -0.2) is 5.33 Å². The van der Waals surface area contributed by atoms with Crippen molar-refractivity contribution in [3.63, 3.8) is 0 Å². The monoisotopic (exact) mass is 204 g/mol. The Morgan fingerprint density at radius 1 is 1.10 bits per heavy atom. The fourth-order valence-electron chi connectivity index (χ4n) is 0.818. The van der Waals surface area contributed by atoms with E-state index in [1.165, 1.54) is 32.1 Å². The van der Waals surface area contributed by atoms with E-state index in [0.717, 1.165) is 5.33 Å². The summed E-state index contributed by atoms with van der Waals surface area (Å²) in [6.07, 6.45) is 11.0. The highest BCUT2D eigenvalue weighted by atomic mass is 79.9. The molecule has 0 atom stereocenters. The van der Waals surface area contributed by atoms with Crippen molar-refractivity contribution < 1.29 is 0 Å². The van der Waals surface area contributed by atoms with Crippen LogP contribution in [0.15, 0.2) is 12.2 Å². The number of halogens is 1. The van der Waals surface area contributed by atoms with Gasteiger partial charge in [-0.15, -0.1) is 0 Å². The van der Waals surface area contributed by atoms with Crippen LogP contribution < -0.4 is 0 Å². The molecule has 0 amide bonds. The second kappa shape index (κ2) is 9.22. The largest absolute Gasteiger partial charge is 0.0928 e. The summed E-state index contributed by atoms with van der Waals surface area (Å²) in [5.41, 5.74) is 0. The first kappa shape index (κ1) is 10.2. The zero-order valence-electron chi connectivity index (χ0n) is 6.78. The van der Waals surface area contributed by atoms with Gasteiger partial charge in [-0.3, -0.25) is 0 Å². The molecule has 0 radical (unpaired) electrons. The third kappa shape index (κ3) is 8.22. The molecule has 0 heterocycles. The quantitative estimate of drug-likeness (QED) is 0.350. The van der Waals surface area contributed by atoms with Gasteiger partial charge in [0, 0.05) is 5.33 Å². The lowest BCUT2D eigenvalue weighted by molar-refractivity contribution is 0.736. The topological polar surface area (TPSA) is 0 Å². The molecule has 0 unspecified atom stereocenters. The maximum atomic E-state index is 3.41. The molecule has 0 saturated carbocycles. The molecule has 0 aromatic carbocycles. The molecular weight excluding hydrogens is 188 g/mol. The summed E-state index contributed by atoms with van der Waals surface area (Å²) < 4.78 is 0. The lowest BCUT2D eigenvalue weighted by Gasteiger charge is -1.92. The summed E-state index contributed by atoms with van der Waals surface area (Å²) in [5.74, 6) is 0. The van der Waals surface area contributed by atoms with E-state index in [1.54, 1.807) is 0 Å². The Bertz CT molecular complexity index is 76.8. The van der Waals surface area contributed by atoms with Gasteiger partial charge in [0.2, 0.25) is 0 Å². The van der Waals surface area contributed by atoms with Crippen LogP contribution in [0.25, 0.3) is 0 Å². The average molecular weight is 205 g/mol. The molecule has 60 valence electrons. The Morgan fingerprint density at radius 3 is 2.50 bits per heavy atom. The summed E-state index contributed by atoms with van der Waals surface area (Å²) in [7, 11) is 0. The van der Waals surface area contributed by atoms with Crippen molar-refractivity contribution in [3.05, 3.63) is 12.2 Å². The minimum atomic E-state index is 1.16. The van der Waals surface area contributed by atoms with Gasteiger partial charge in [0.1, 0.15) is 0 Å². The molecule has 1 heteroatoms. The zero-order chi connectivity index (χ0) is 7.66. The Morgan fingerprint density at radius 2 is 1.90 bits per heavy atom. The van der Waals surface area contributed by atoms with Crippen LogP contribution in [0.1, 0.15) is 39.0 Å². The van der Waals surface area contributed by atoms with E-state index in [2.05, 4.69) is 35.0 Å². The summed E-state index contributed by atoms with van der Waals surface area (Å²) >= 11 is 3.41. The molecule has 0 nitrogen and oxygen atoms in total. The van der Waals surface area contributed by atoms with Gasteiger partial charge in [-0.1, -0.05) is 41.4 Å². The highest BCUT2D eigenvalue weighted by Gasteiger charge is 1.83. The lowest BCUT2D eigenvalue weighted by Crippen LogP contribution is -1.75. The molecular formula is C9H17Br. The van der Waals surface area contributed by atoms with Crippen LogP contribution in [-0.2, 0) is 0 Å². The van der Waals surface area contributed by atoms with Gasteiger partial charge in [0.15, 0.2) is 0 Å². The summed E-state index contributed by atoms with van der Waals surface area (Å²) in [4.78, 5) is 0. The van der Waals surface area contributed by atoms with Gasteiger partial charge in [-0.05, 0) is 25.7 Å². The average Bonchev–Trinajstić information content (AvgIpc) is 1.97. The fraction of sp³-hybridized carbons (Fsp3) is 0.778. The second-order valence-electron chi connectivity index (χ2n) is 2.42. The van der Waals surface area contributed by atoms with Crippen LogP contribution in [0, 0.1) is 0 Å². The molecule has 0 rings (SSSR count). The minimum Gasteiger partial charge on any atom is -0.0928 e. The van der Waals surface area contributed by atoms with Crippen LogP contribution >= 0.6 is 15.9 Å². The van der Waals surface area contributed by atoms with E-state index < -0.39 is 0 Å². The Labute approximate surface area is 72.8 Å². The molecule has 0 bridgehead atoms. The van der Waals surface area contributed by atoms with E-state index >= 15 is 0 Å². The molecule has 0 aliphatic heterocycles. The van der Waals surface area contributed by atoms with Crippen LogP contribution in [0.4, 0.5) is 0 Å². The predicted molar refractivity (Wildman–Crippen MR) is 51.7 cm³/mol. The Balaban J connectivity index is 2.83. The Hall–Kier alpha value is 0.220. The highest BCUT2D eigenvalue weighted by molar-refractivity contribution is 9.09. The van der Waals surface area contributed by atoms with Crippen molar-refractivity contribution in [1.82, 2.24) is 0 Å². The summed E-state index contributed by atoms with van der Waals surface area (Å²) in [6.45, 7) is 2.18. The third-order valence-corrected chi connectivity index (χ3v) is 1.97. The van der Waals surface area contributed by atoms with Crippen LogP contribution in [0.2, 0.25) is 0 Å². The van der Waals surface area contributed by atoms with Crippen LogP contribution in [0.3, 0.4) is 0 Å². The number of alkyl halides is 1. The molecule has 0 saturated heterocycles. The molecule has 10 heavy (non-hydrogen) atoms. The molecule has 0 aliphatic carbocycles. The van der Waals surface area contributed by atoms with Crippen molar-refractivity contribution in [1.29, 1.82) is 0 Å². The van der Waals surface area contributed by atoms with Gasteiger partial charge < -0.3 is 0 Å². The van der Waals surface area contributed by atoms with E-state index in [0.29, 0.717) is 0 Å². The summed E-state index contributed by atoms with van der Waals surface area (Å²) in [5, 5.41) is 1.16. The number of allylic oxidation sites excluding steroid dienone is 2. The molecule has 0 N–H and O–H groups in total. The van der Waals surface area contributed by atoms with Gasteiger partial charge in [-0.25, -0.2) is 0 Å². The van der Waals surface area contributed by atoms with Gasteiger partial charge in [0.05, 0.1) is 0 Å². The third-order valence-electron chi connectivity index (χ3n) is 1.41. The van der Waals surface area contributed by atoms with E-state index in [9.17, 15) is 0 Å². The molecule has 0 fully saturated rings. The van der Waals surface area contributed by atoms with Crippen molar-refractivity contribution in [3.8, 4) is 0 Å². The van der Waals surface area contributed by atoms with Gasteiger partial charge >= 0.3 is 0 Å². The maximum absolute atomic E-state index is 3.41. The number of hydrogen-bond acceptors (Lipinski definition) is 0. The molecule has 0 aromatic rings. The predicted octanol–water partition coefficient (Wildman–Crippen LogP) is 3.91. The SMILES string of the molecule is CC/C=C\CCCCCBr. The van der Waals surface area contributed by atoms with E-state index in [1.807, 2.05) is 0 Å². The first-order valence-electron chi connectivity index (χ1n) is 4.12. The number of rotatable bonds is 6. The molecule has 0 aromatic heterocycles. The standard InChI is InChI=1S/C9H17Br/c1-2-3-4-5-6-7-8-9-10/h3-4H,2,5-9H2,1H3/b4-3-. The molecule has 0 spiro atoms. The van der Waals surface area contributed by atoms with Gasteiger partial charge in [0.25, 0.3) is 0 Å². The zero-order valence-corrected chi connectivity index (χ0v) is 8.36. The smallest absolute Gasteiger partial charge is 0.00313 e. The van der Waals surface area contributed by atoms with Crippen LogP contribution in [0.5, 0.6) is 0 Å². The highest BCUT2D eigenvalue weighted by Crippen LogP contribution is 2.02. The van der Waals surface area contributed by atoms with Crippen molar-refractivity contribution in [2.45, 2.75) is 39.0 Å². The number of unbranched alkanes of at least 4 members (excludes halogenated alkanes) is 3. The van der Waals surface area contributed by atoms with Crippen molar-refractivity contribution >= 4 is 15.9 Å².